The summed E-state index contributed by atoms with van der Waals surface area (Å²) in [6.45, 7) is 6.20. The third-order valence-corrected chi connectivity index (χ3v) is 5.62. The zero-order valence-electron chi connectivity index (χ0n) is 15.5. The van der Waals surface area contributed by atoms with Gasteiger partial charge in [0, 0.05) is 62.7 Å². The van der Waals surface area contributed by atoms with Crippen LogP contribution in [0.25, 0.3) is 0 Å². The lowest BCUT2D eigenvalue weighted by Gasteiger charge is -2.34. The number of nitrogens with zero attached hydrogens (tertiary/aromatic N) is 4. The number of anilines is 1. The van der Waals surface area contributed by atoms with Crippen molar-refractivity contribution in [3.05, 3.63) is 58.9 Å². The molecule has 142 valence electrons. The van der Waals surface area contributed by atoms with Crippen LogP contribution in [0.3, 0.4) is 0 Å². The molecule has 1 aromatic heterocycles. The normalized spacial score (nSPS) is 18.1. The van der Waals surface area contributed by atoms with E-state index < -0.39 is 0 Å². The molecule has 0 atom stereocenters. The molecule has 1 aromatic carbocycles. The van der Waals surface area contributed by atoms with Crippen LogP contribution in [0.2, 0.25) is 5.02 Å². The maximum atomic E-state index is 12.9. The highest BCUT2D eigenvalue weighted by Crippen LogP contribution is 2.21. The summed E-state index contributed by atoms with van der Waals surface area (Å²) in [4.78, 5) is 23.8. The lowest BCUT2D eigenvalue weighted by Crippen LogP contribution is -2.48. The number of piperazine rings is 1. The number of carbonyl (C=O) groups excluding carboxylic acids is 1. The minimum atomic E-state index is 0.0402. The summed E-state index contributed by atoms with van der Waals surface area (Å²) < 4.78 is 0. The van der Waals surface area contributed by atoms with Gasteiger partial charge in [-0.05, 0) is 42.7 Å². The van der Waals surface area contributed by atoms with E-state index in [1.807, 2.05) is 35.2 Å². The lowest BCUT2D eigenvalue weighted by atomic mass is 10.2. The summed E-state index contributed by atoms with van der Waals surface area (Å²) >= 11 is 6.07. The molecule has 27 heavy (non-hydrogen) atoms. The molecule has 4 rings (SSSR count). The monoisotopic (exact) mass is 384 g/mol. The first-order valence-corrected chi connectivity index (χ1v) is 10.0. The molecule has 2 saturated heterocycles. The second kappa shape index (κ2) is 8.28. The van der Waals surface area contributed by atoms with Crippen molar-refractivity contribution >= 4 is 23.2 Å². The van der Waals surface area contributed by atoms with Gasteiger partial charge in [0.1, 0.15) is 5.69 Å². The van der Waals surface area contributed by atoms with Crippen molar-refractivity contribution in [1.29, 1.82) is 0 Å². The Kier molecular flexibility index (Phi) is 5.60. The smallest absolute Gasteiger partial charge is 0.272 e. The molecule has 2 fully saturated rings. The second-order valence-electron chi connectivity index (χ2n) is 7.29. The van der Waals surface area contributed by atoms with Crippen LogP contribution in [-0.2, 0) is 6.54 Å². The number of halogens is 1. The standard InChI is InChI=1S/C21H25ClN4O/c22-18-5-3-4-17(14-18)16-24-10-12-26(13-11-24)21(27)20-15-19(6-7-23-20)25-8-1-2-9-25/h3-7,14-15H,1-2,8-13,16H2. The molecule has 0 saturated carbocycles. The van der Waals surface area contributed by atoms with Crippen LogP contribution in [0.1, 0.15) is 28.9 Å². The zero-order chi connectivity index (χ0) is 18.6. The highest BCUT2D eigenvalue weighted by molar-refractivity contribution is 6.30. The molecule has 0 unspecified atom stereocenters. The molecule has 6 heteroatoms. The fraction of sp³-hybridized carbons (Fsp3) is 0.429. The lowest BCUT2D eigenvalue weighted by molar-refractivity contribution is 0.0623. The van der Waals surface area contributed by atoms with Crippen molar-refractivity contribution in [3.8, 4) is 0 Å². The molecule has 0 bridgehead atoms. The number of benzene rings is 1. The number of carbonyl (C=O) groups is 1. The predicted octanol–water partition coefficient (Wildman–Crippen LogP) is 3.29. The van der Waals surface area contributed by atoms with Crippen LogP contribution < -0.4 is 4.90 Å². The fourth-order valence-corrected chi connectivity index (χ4v) is 4.09. The Morgan fingerprint density at radius 2 is 1.78 bits per heavy atom. The first-order valence-electron chi connectivity index (χ1n) is 9.66. The van der Waals surface area contributed by atoms with Gasteiger partial charge in [0.2, 0.25) is 0 Å². The first-order chi connectivity index (χ1) is 13.2. The summed E-state index contributed by atoms with van der Waals surface area (Å²) in [5.74, 6) is 0.0402. The van der Waals surface area contributed by atoms with Crippen molar-refractivity contribution < 1.29 is 4.79 Å². The Morgan fingerprint density at radius 1 is 1.00 bits per heavy atom. The maximum absolute atomic E-state index is 12.9. The van der Waals surface area contributed by atoms with Gasteiger partial charge in [0.05, 0.1) is 0 Å². The van der Waals surface area contributed by atoms with Crippen LogP contribution in [0.4, 0.5) is 5.69 Å². The van der Waals surface area contributed by atoms with Gasteiger partial charge in [0.25, 0.3) is 5.91 Å². The van der Waals surface area contributed by atoms with Gasteiger partial charge in [-0.1, -0.05) is 23.7 Å². The van der Waals surface area contributed by atoms with Crippen molar-refractivity contribution in [2.45, 2.75) is 19.4 Å². The average Bonchev–Trinajstić information content (AvgIpc) is 3.23. The van der Waals surface area contributed by atoms with Gasteiger partial charge >= 0.3 is 0 Å². The third kappa shape index (κ3) is 4.42. The minimum Gasteiger partial charge on any atom is -0.371 e. The van der Waals surface area contributed by atoms with Crippen LogP contribution >= 0.6 is 11.6 Å². The van der Waals surface area contributed by atoms with E-state index in [1.54, 1.807) is 6.20 Å². The number of aromatic nitrogens is 1. The Hall–Kier alpha value is -2.11. The SMILES string of the molecule is O=C(c1cc(N2CCCC2)ccn1)N1CCN(Cc2cccc(Cl)c2)CC1. The summed E-state index contributed by atoms with van der Waals surface area (Å²) in [6.07, 6.45) is 4.21. The van der Waals surface area contributed by atoms with Crippen LogP contribution in [0, 0.1) is 0 Å². The number of amides is 1. The molecule has 0 radical (unpaired) electrons. The Morgan fingerprint density at radius 3 is 2.52 bits per heavy atom. The molecular formula is C21H25ClN4O. The third-order valence-electron chi connectivity index (χ3n) is 5.39. The van der Waals surface area contributed by atoms with E-state index in [1.165, 1.54) is 18.4 Å². The first kappa shape index (κ1) is 18.3. The summed E-state index contributed by atoms with van der Waals surface area (Å²) in [6, 6.07) is 11.9. The van der Waals surface area contributed by atoms with Gasteiger partial charge in [-0.25, -0.2) is 0 Å². The average molecular weight is 385 g/mol. The highest BCUT2D eigenvalue weighted by Gasteiger charge is 2.24. The molecule has 1 amide bonds. The highest BCUT2D eigenvalue weighted by atomic mass is 35.5. The second-order valence-corrected chi connectivity index (χ2v) is 7.73. The predicted molar refractivity (Wildman–Crippen MR) is 108 cm³/mol. The zero-order valence-corrected chi connectivity index (χ0v) is 16.2. The fourth-order valence-electron chi connectivity index (χ4n) is 3.87. The van der Waals surface area contributed by atoms with Gasteiger partial charge in [0.15, 0.2) is 0 Å². The molecular weight excluding hydrogens is 360 g/mol. The summed E-state index contributed by atoms with van der Waals surface area (Å²) in [5, 5.41) is 0.769. The maximum Gasteiger partial charge on any atom is 0.272 e. The Labute approximate surface area is 165 Å². The summed E-state index contributed by atoms with van der Waals surface area (Å²) in [5.41, 5.74) is 2.88. The molecule has 0 N–H and O–H groups in total. The molecule has 0 aliphatic carbocycles. The molecule has 3 heterocycles. The van der Waals surface area contributed by atoms with Gasteiger partial charge < -0.3 is 9.80 Å². The van der Waals surface area contributed by atoms with Crippen molar-refractivity contribution in [1.82, 2.24) is 14.8 Å². The number of rotatable bonds is 4. The number of hydrogen-bond acceptors (Lipinski definition) is 4. The van der Waals surface area contributed by atoms with Crippen LogP contribution in [-0.4, -0.2) is 60.0 Å². The minimum absolute atomic E-state index is 0.0402. The van der Waals surface area contributed by atoms with E-state index >= 15 is 0 Å². The Balaban J connectivity index is 1.35. The van der Waals surface area contributed by atoms with Crippen molar-refractivity contribution in [2.75, 3.05) is 44.2 Å². The quantitative estimate of drug-likeness (QED) is 0.810. The van der Waals surface area contributed by atoms with E-state index in [4.69, 9.17) is 11.6 Å². The molecule has 5 nitrogen and oxygen atoms in total. The van der Waals surface area contributed by atoms with E-state index in [2.05, 4.69) is 20.9 Å². The van der Waals surface area contributed by atoms with Gasteiger partial charge in [-0.3, -0.25) is 14.7 Å². The summed E-state index contributed by atoms with van der Waals surface area (Å²) in [7, 11) is 0. The van der Waals surface area contributed by atoms with E-state index in [0.717, 1.165) is 56.5 Å². The van der Waals surface area contributed by atoms with Gasteiger partial charge in [-0.15, -0.1) is 0 Å². The Bertz CT molecular complexity index is 798. The van der Waals surface area contributed by atoms with E-state index in [-0.39, 0.29) is 5.91 Å². The molecule has 2 aliphatic heterocycles. The number of pyridine rings is 1. The van der Waals surface area contributed by atoms with E-state index in [9.17, 15) is 4.79 Å². The van der Waals surface area contributed by atoms with E-state index in [0.29, 0.717) is 5.69 Å². The molecule has 0 spiro atoms. The molecule has 2 aliphatic rings. The van der Waals surface area contributed by atoms with Crippen LogP contribution in [0.15, 0.2) is 42.6 Å². The van der Waals surface area contributed by atoms with Crippen molar-refractivity contribution in [2.24, 2.45) is 0 Å². The van der Waals surface area contributed by atoms with Crippen LogP contribution in [0.5, 0.6) is 0 Å². The topological polar surface area (TPSA) is 39.7 Å². The largest absolute Gasteiger partial charge is 0.371 e. The number of hydrogen-bond donors (Lipinski definition) is 0. The van der Waals surface area contributed by atoms with Crippen molar-refractivity contribution in [3.63, 3.8) is 0 Å². The van der Waals surface area contributed by atoms with Gasteiger partial charge in [-0.2, -0.15) is 0 Å². The molecule has 2 aromatic rings.